The van der Waals surface area contributed by atoms with Crippen molar-refractivity contribution in [2.24, 2.45) is 0 Å². The number of anilines is 1. The number of urea groups is 1. The van der Waals surface area contributed by atoms with Crippen molar-refractivity contribution >= 4 is 27.6 Å². The number of carbonyl (C=O) groups is 1. The molecule has 0 radical (unpaired) electrons. The second-order valence-electron chi connectivity index (χ2n) is 3.54. The van der Waals surface area contributed by atoms with E-state index >= 15 is 0 Å². The highest BCUT2D eigenvalue weighted by Crippen LogP contribution is 2.38. The Morgan fingerprint density at radius 3 is 2.59 bits per heavy atom. The van der Waals surface area contributed by atoms with Gasteiger partial charge in [0.1, 0.15) is 0 Å². The zero-order chi connectivity index (χ0) is 12.6. The summed E-state index contributed by atoms with van der Waals surface area (Å²) in [6.07, 6.45) is -4.48. The fourth-order valence-electron chi connectivity index (χ4n) is 1.67. The zero-order valence-corrected chi connectivity index (χ0v) is 10.1. The van der Waals surface area contributed by atoms with Gasteiger partial charge >= 0.3 is 12.2 Å². The monoisotopic (exact) mass is 308 g/mol. The van der Waals surface area contributed by atoms with E-state index in [-0.39, 0.29) is 12.2 Å². The summed E-state index contributed by atoms with van der Waals surface area (Å²) in [4.78, 5) is 12.5. The quantitative estimate of drug-likeness (QED) is 0.850. The first-order valence-corrected chi connectivity index (χ1v) is 5.61. The molecule has 1 saturated heterocycles. The van der Waals surface area contributed by atoms with Crippen LogP contribution in [-0.2, 0) is 6.18 Å². The van der Waals surface area contributed by atoms with E-state index in [0.29, 0.717) is 11.0 Å². The topological polar surface area (TPSA) is 32.3 Å². The number of halogens is 4. The molecule has 0 atom stereocenters. The van der Waals surface area contributed by atoms with Gasteiger partial charge in [-0.15, -0.1) is 0 Å². The molecule has 0 aliphatic carbocycles. The number of nitrogens with one attached hydrogen (secondary N) is 1. The molecule has 3 nitrogen and oxygen atoms in total. The first-order valence-electron chi connectivity index (χ1n) is 4.82. The molecule has 0 unspecified atom stereocenters. The number of carbonyl (C=O) groups excluding carboxylic acids is 1. The molecule has 0 spiro atoms. The molecule has 0 aromatic heterocycles. The lowest BCUT2D eigenvalue weighted by Gasteiger charge is -2.20. The largest absolute Gasteiger partial charge is 0.418 e. The number of benzene rings is 1. The first kappa shape index (κ1) is 12.2. The molecule has 1 N–H and O–H groups in total. The van der Waals surface area contributed by atoms with Crippen molar-refractivity contribution in [2.75, 3.05) is 18.0 Å². The predicted molar refractivity (Wildman–Crippen MR) is 59.9 cm³/mol. The Balaban J connectivity index is 2.50. The number of hydrogen-bond donors (Lipinski definition) is 1. The lowest BCUT2D eigenvalue weighted by Crippen LogP contribution is -2.29. The molecule has 1 aromatic rings. The van der Waals surface area contributed by atoms with Gasteiger partial charge in [-0.2, -0.15) is 13.2 Å². The molecule has 0 bridgehead atoms. The van der Waals surface area contributed by atoms with Gasteiger partial charge in [-0.1, -0.05) is 15.9 Å². The van der Waals surface area contributed by atoms with Crippen LogP contribution in [0.25, 0.3) is 0 Å². The Morgan fingerprint density at radius 2 is 2.06 bits per heavy atom. The highest BCUT2D eigenvalue weighted by Gasteiger charge is 2.37. The van der Waals surface area contributed by atoms with Crippen LogP contribution in [0.5, 0.6) is 0 Å². The number of alkyl halides is 3. The Hall–Kier alpha value is -1.24. The molecule has 7 heteroatoms. The summed E-state index contributed by atoms with van der Waals surface area (Å²) in [5.74, 6) is 0. The van der Waals surface area contributed by atoms with Crippen molar-refractivity contribution in [2.45, 2.75) is 6.18 Å². The van der Waals surface area contributed by atoms with E-state index < -0.39 is 17.8 Å². The fraction of sp³-hybridized carbons (Fsp3) is 0.300. The maximum atomic E-state index is 12.8. The standard InChI is InChI=1S/C10H8BrF3N2O/c11-6-1-2-8(7(5-6)10(12,13)14)16-4-3-15-9(16)17/h1-2,5H,3-4H2,(H,15,17). The Morgan fingerprint density at radius 1 is 1.35 bits per heavy atom. The van der Waals surface area contributed by atoms with Crippen LogP contribution in [0.4, 0.5) is 23.7 Å². The smallest absolute Gasteiger partial charge is 0.336 e. The fourth-order valence-corrected chi connectivity index (χ4v) is 2.03. The minimum atomic E-state index is -4.48. The summed E-state index contributed by atoms with van der Waals surface area (Å²) < 4.78 is 38.8. The normalized spacial score (nSPS) is 16.2. The second kappa shape index (κ2) is 4.21. The zero-order valence-electron chi connectivity index (χ0n) is 8.51. The molecule has 1 fully saturated rings. The third kappa shape index (κ3) is 2.38. The predicted octanol–water partition coefficient (Wildman–Crippen LogP) is 3.00. The van der Waals surface area contributed by atoms with Crippen molar-refractivity contribution in [1.29, 1.82) is 0 Å². The summed E-state index contributed by atoms with van der Waals surface area (Å²) in [7, 11) is 0. The lowest BCUT2D eigenvalue weighted by atomic mass is 10.1. The minimum absolute atomic E-state index is 0.115. The molecule has 2 rings (SSSR count). The molecule has 1 aliphatic rings. The number of hydrogen-bond acceptors (Lipinski definition) is 1. The van der Waals surface area contributed by atoms with Gasteiger partial charge in [0.2, 0.25) is 0 Å². The number of amides is 2. The van der Waals surface area contributed by atoms with Crippen LogP contribution in [0.1, 0.15) is 5.56 Å². The van der Waals surface area contributed by atoms with Crippen LogP contribution >= 0.6 is 15.9 Å². The van der Waals surface area contributed by atoms with Gasteiger partial charge in [0, 0.05) is 17.6 Å². The molecule has 1 aliphatic heterocycles. The summed E-state index contributed by atoms with van der Waals surface area (Å²) in [5.41, 5.74) is -0.931. The lowest BCUT2D eigenvalue weighted by molar-refractivity contribution is -0.137. The second-order valence-corrected chi connectivity index (χ2v) is 4.46. The van der Waals surface area contributed by atoms with Crippen LogP contribution in [0.2, 0.25) is 0 Å². The Bertz CT molecular complexity index is 461. The average Bonchev–Trinajstić information content (AvgIpc) is 2.63. The molecular weight excluding hydrogens is 301 g/mol. The van der Waals surface area contributed by atoms with E-state index in [9.17, 15) is 18.0 Å². The van der Waals surface area contributed by atoms with Gasteiger partial charge in [0.05, 0.1) is 11.3 Å². The Labute approximate surface area is 104 Å². The van der Waals surface area contributed by atoms with Crippen molar-refractivity contribution in [1.82, 2.24) is 5.32 Å². The molecule has 1 aromatic carbocycles. The Kier molecular flexibility index (Phi) is 3.03. The number of nitrogens with zero attached hydrogens (tertiary/aromatic N) is 1. The average molecular weight is 309 g/mol. The summed E-state index contributed by atoms with van der Waals surface area (Å²) >= 11 is 2.99. The maximum absolute atomic E-state index is 12.8. The molecule has 1 heterocycles. The third-order valence-electron chi connectivity index (χ3n) is 2.41. The van der Waals surface area contributed by atoms with E-state index in [1.807, 2.05) is 0 Å². The highest BCUT2D eigenvalue weighted by molar-refractivity contribution is 9.10. The van der Waals surface area contributed by atoms with Crippen molar-refractivity contribution in [3.63, 3.8) is 0 Å². The molecule has 0 saturated carbocycles. The SMILES string of the molecule is O=C1NCCN1c1ccc(Br)cc1C(F)(F)F. The van der Waals surface area contributed by atoms with Crippen molar-refractivity contribution < 1.29 is 18.0 Å². The van der Waals surface area contributed by atoms with E-state index in [1.165, 1.54) is 12.1 Å². The van der Waals surface area contributed by atoms with Crippen LogP contribution < -0.4 is 10.2 Å². The summed E-state index contributed by atoms with van der Waals surface area (Å²) in [6, 6.07) is 3.24. The van der Waals surface area contributed by atoms with E-state index in [4.69, 9.17) is 0 Å². The third-order valence-corrected chi connectivity index (χ3v) is 2.90. The molecule has 92 valence electrons. The van der Waals surface area contributed by atoms with Crippen molar-refractivity contribution in [3.8, 4) is 0 Å². The highest BCUT2D eigenvalue weighted by atomic mass is 79.9. The van der Waals surface area contributed by atoms with Gasteiger partial charge in [0.25, 0.3) is 0 Å². The number of rotatable bonds is 1. The van der Waals surface area contributed by atoms with Gasteiger partial charge < -0.3 is 5.32 Å². The van der Waals surface area contributed by atoms with Gasteiger partial charge in [-0.3, -0.25) is 4.90 Å². The van der Waals surface area contributed by atoms with Crippen molar-refractivity contribution in [3.05, 3.63) is 28.2 Å². The minimum Gasteiger partial charge on any atom is -0.336 e. The summed E-state index contributed by atoms with van der Waals surface area (Å²) in [6.45, 7) is 0.593. The van der Waals surface area contributed by atoms with E-state index in [2.05, 4.69) is 21.2 Å². The van der Waals surface area contributed by atoms with Crippen LogP contribution in [0.15, 0.2) is 22.7 Å². The molecule has 17 heavy (non-hydrogen) atoms. The molecular formula is C10H8BrF3N2O. The van der Waals surface area contributed by atoms with Crippen LogP contribution in [-0.4, -0.2) is 19.1 Å². The first-order chi connectivity index (χ1) is 7.89. The van der Waals surface area contributed by atoms with Gasteiger partial charge in [0.15, 0.2) is 0 Å². The van der Waals surface area contributed by atoms with Gasteiger partial charge in [-0.25, -0.2) is 4.79 Å². The van der Waals surface area contributed by atoms with E-state index in [0.717, 1.165) is 11.0 Å². The maximum Gasteiger partial charge on any atom is 0.418 e. The van der Waals surface area contributed by atoms with Crippen LogP contribution in [0, 0.1) is 0 Å². The van der Waals surface area contributed by atoms with E-state index in [1.54, 1.807) is 0 Å². The van der Waals surface area contributed by atoms with Gasteiger partial charge in [-0.05, 0) is 18.2 Å². The molecule has 2 amide bonds. The summed E-state index contributed by atoms with van der Waals surface area (Å²) in [5, 5.41) is 2.47. The van der Waals surface area contributed by atoms with Crippen LogP contribution in [0.3, 0.4) is 0 Å².